The third-order valence-corrected chi connectivity index (χ3v) is 6.56. The number of nitrogens with one attached hydrogen (secondary N) is 1. The van der Waals surface area contributed by atoms with Crippen LogP contribution in [0, 0.1) is 25.5 Å². The van der Waals surface area contributed by atoms with Gasteiger partial charge in [0.15, 0.2) is 0 Å². The standard InChI is InChI=1S/C29H35F2N2OP/c1-20-5-6-25(13-21(20)2)14-29(26-15-27(30)17-28(31)16-26)22(3)33-34-19-24-9-7-23(8-10-24)18-32-11-4-12-35/h5-10,13,15-17,29,32H,4,11-12,14,18-19,35H2,1-3H3. The number of aryl methyl sites for hydroxylation is 2. The van der Waals surface area contributed by atoms with Crippen LogP contribution in [0.15, 0.2) is 65.8 Å². The number of benzene rings is 3. The van der Waals surface area contributed by atoms with Gasteiger partial charge in [-0.15, -0.1) is 9.24 Å². The second-order valence-electron chi connectivity index (χ2n) is 9.02. The van der Waals surface area contributed by atoms with Crippen molar-refractivity contribution in [3.8, 4) is 0 Å². The molecule has 3 aromatic carbocycles. The molecule has 186 valence electrons. The summed E-state index contributed by atoms with van der Waals surface area (Å²) in [7, 11) is 2.74. The van der Waals surface area contributed by atoms with Gasteiger partial charge in [0.2, 0.25) is 0 Å². The molecular formula is C29H35F2N2OP. The Hall–Kier alpha value is -2.62. The summed E-state index contributed by atoms with van der Waals surface area (Å²) in [6.07, 6.45) is 2.81. The average Bonchev–Trinajstić information content (AvgIpc) is 2.82. The van der Waals surface area contributed by atoms with Crippen LogP contribution in [0.25, 0.3) is 0 Å². The molecule has 0 fully saturated rings. The largest absolute Gasteiger partial charge is 0.391 e. The van der Waals surface area contributed by atoms with Crippen molar-refractivity contribution in [2.75, 3.05) is 12.7 Å². The molecular weight excluding hydrogens is 461 g/mol. The first-order valence-electron chi connectivity index (χ1n) is 12.0. The summed E-state index contributed by atoms with van der Waals surface area (Å²) in [6.45, 7) is 8.14. The lowest BCUT2D eigenvalue weighted by atomic mass is 9.87. The van der Waals surface area contributed by atoms with E-state index < -0.39 is 11.6 Å². The minimum atomic E-state index is -0.595. The molecule has 0 radical (unpaired) electrons. The van der Waals surface area contributed by atoms with Gasteiger partial charge in [-0.2, -0.15) is 0 Å². The van der Waals surface area contributed by atoms with E-state index in [2.05, 4.69) is 63.9 Å². The predicted octanol–water partition coefficient (Wildman–Crippen LogP) is 6.86. The zero-order chi connectivity index (χ0) is 25.2. The fourth-order valence-corrected chi connectivity index (χ4v) is 4.14. The van der Waals surface area contributed by atoms with Gasteiger partial charge in [0.05, 0.1) is 5.71 Å². The Balaban J connectivity index is 1.70. The monoisotopic (exact) mass is 496 g/mol. The highest BCUT2D eigenvalue weighted by atomic mass is 31.0. The van der Waals surface area contributed by atoms with Crippen molar-refractivity contribution in [2.45, 2.75) is 52.7 Å². The second kappa shape index (κ2) is 13.5. The number of oxime groups is 1. The lowest BCUT2D eigenvalue weighted by Crippen LogP contribution is -2.15. The Morgan fingerprint density at radius 2 is 1.57 bits per heavy atom. The lowest BCUT2D eigenvalue weighted by molar-refractivity contribution is 0.129. The first-order valence-corrected chi connectivity index (χ1v) is 12.8. The molecule has 0 aliphatic carbocycles. The van der Waals surface area contributed by atoms with Crippen LogP contribution in [0.5, 0.6) is 0 Å². The van der Waals surface area contributed by atoms with Gasteiger partial charge >= 0.3 is 0 Å². The number of hydrogen-bond donors (Lipinski definition) is 1. The van der Waals surface area contributed by atoms with Gasteiger partial charge in [-0.1, -0.05) is 47.6 Å². The molecule has 2 atom stereocenters. The molecule has 0 saturated carbocycles. The Morgan fingerprint density at radius 1 is 0.914 bits per heavy atom. The molecule has 0 aliphatic rings. The Labute approximate surface area is 210 Å². The lowest BCUT2D eigenvalue weighted by Gasteiger charge is -2.18. The van der Waals surface area contributed by atoms with E-state index in [0.29, 0.717) is 24.3 Å². The van der Waals surface area contributed by atoms with E-state index in [1.54, 1.807) is 0 Å². The van der Waals surface area contributed by atoms with Crippen LogP contribution in [-0.4, -0.2) is 18.4 Å². The molecule has 3 nitrogen and oxygen atoms in total. The van der Waals surface area contributed by atoms with Gasteiger partial charge in [0.25, 0.3) is 0 Å². The highest BCUT2D eigenvalue weighted by Gasteiger charge is 2.19. The van der Waals surface area contributed by atoms with Gasteiger partial charge in [-0.05, 0) is 91.8 Å². The quantitative estimate of drug-likeness (QED) is 0.129. The SMILES string of the molecule is CC(=NOCc1ccc(CNCCCP)cc1)C(Cc1ccc(C)c(C)c1)c1cc(F)cc(F)c1. The van der Waals surface area contributed by atoms with Crippen molar-refractivity contribution in [3.05, 3.63) is 106 Å². The van der Waals surface area contributed by atoms with Crippen molar-refractivity contribution >= 4 is 15.0 Å². The summed E-state index contributed by atoms with van der Waals surface area (Å²) >= 11 is 0. The molecule has 0 spiro atoms. The summed E-state index contributed by atoms with van der Waals surface area (Å²) in [5.41, 5.74) is 6.92. The zero-order valence-electron chi connectivity index (χ0n) is 20.8. The molecule has 0 amide bonds. The van der Waals surface area contributed by atoms with Crippen LogP contribution in [0.2, 0.25) is 0 Å². The van der Waals surface area contributed by atoms with E-state index in [1.807, 2.05) is 19.1 Å². The maximum absolute atomic E-state index is 14.0. The summed E-state index contributed by atoms with van der Waals surface area (Å²) in [5.74, 6) is -1.50. The summed E-state index contributed by atoms with van der Waals surface area (Å²) in [4.78, 5) is 5.66. The van der Waals surface area contributed by atoms with Gasteiger partial charge in [0.1, 0.15) is 18.2 Å². The molecule has 2 unspecified atom stereocenters. The van der Waals surface area contributed by atoms with Crippen LogP contribution in [0.4, 0.5) is 8.78 Å². The molecule has 0 bridgehead atoms. The summed E-state index contributed by atoms with van der Waals surface area (Å²) in [6, 6.07) is 18.1. The van der Waals surface area contributed by atoms with Gasteiger partial charge in [-0.25, -0.2) is 8.78 Å². The first kappa shape index (κ1) is 27.0. The number of hydrogen-bond acceptors (Lipinski definition) is 3. The fraction of sp³-hybridized carbons (Fsp3) is 0.345. The molecule has 0 saturated heterocycles. The average molecular weight is 497 g/mol. The zero-order valence-corrected chi connectivity index (χ0v) is 21.9. The number of rotatable bonds is 12. The van der Waals surface area contributed by atoms with Crippen molar-refractivity contribution < 1.29 is 13.6 Å². The van der Waals surface area contributed by atoms with E-state index in [4.69, 9.17) is 4.84 Å². The molecule has 0 aliphatic heterocycles. The van der Waals surface area contributed by atoms with Gasteiger partial charge < -0.3 is 10.2 Å². The minimum Gasteiger partial charge on any atom is -0.391 e. The first-order chi connectivity index (χ1) is 16.9. The summed E-state index contributed by atoms with van der Waals surface area (Å²) in [5, 5.41) is 7.76. The predicted molar refractivity (Wildman–Crippen MR) is 144 cm³/mol. The Morgan fingerprint density at radius 3 is 2.23 bits per heavy atom. The molecule has 35 heavy (non-hydrogen) atoms. The molecule has 0 aromatic heterocycles. The van der Waals surface area contributed by atoms with Crippen molar-refractivity contribution in [1.29, 1.82) is 0 Å². The third kappa shape index (κ3) is 8.52. The number of nitrogens with zero attached hydrogens (tertiary/aromatic N) is 1. The van der Waals surface area contributed by atoms with E-state index in [-0.39, 0.29) is 5.92 Å². The van der Waals surface area contributed by atoms with Crippen molar-refractivity contribution in [1.82, 2.24) is 5.32 Å². The second-order valence-corrected chi connectivity index (χ2v) is 9.60. The van der Waals surface area contributed by atoms with Gasteiger partial charge in [0, 0.05) is 18.5 Å². The van der Waals surface area contributed by atoms with Gasteiger partial charge in [-0.3, -0.25) is 0 Å². The Kier molecular flexibility index (Phi) is 10.4. The normalized spacial score (nSPS) is 12.6. The van der Waals surface area contributed by atoms with E-state index in [1.165, 1.54) is 28.8 Å². The molecule has 1 N–H and O–H groups in total. The molecule has 0 heterocycles. The van der Waals surface area contributed by atoms with E-state index >= 15 is 0 Å². The van der Waals surface area contributed by atoms with Crippen molar-refractivity contribution in [2.24, 2.45) is 5.16 Å². The third-order valence-electron chi connectivity index (χ3n) is 6.15. The van der Waals surface area contributed by atoms with Crippen LogP contribution in [0.1, 0.15) is 52.6 Å². The maximum Gasteiger partial charge on any atom is 0.142 e. The van der Waals surface area contributed by atoms with Crippen LogP contribution < -0.4 is 5.32 Å². The minimum absolute atomic E-state index is 0.308. The summed E-state index contributed by atoms with van der Waals surface area (Å²) < 4.78 is 28.0. The fourth-order valence-electron chi connectivity index (χ4n) is 3.93. The van der Waals surface area contributed by atoms with Crippen molar-refractivity contribution in [3.63, 3.8) is 0 Å². The molecule has 3 rings (SSSR count). The highest BCUT2D eigenvalue weighted by Crippen LogP contribution is 2.26. The highest BCUT2D eigenvalue weighted by molar-refractivity contribution is 7.16. The molecule has 6 heteroatoms. The van der Waals surface area contributed by atoms with E-state index in [9.17, 15) is 8.78 Å². The molecule has 3 aromatic rings. The van der Waals surface area contributed by atoms with E-state index in [0.717, 1.165) is 42.9 Å². The van der Waals surface area contributed by atoms with Crippen LogP contribution in [-0.2, 0) is 24.4 Å². The smallest absolute Gasteiger partial charge is 0.142 e. The van der Waals surface area contributed by atoms with Crippen LogP contribution >= 0.6 is 9.24 Å². The number of halogens is 2. The van der Waals surface area contributed by atoms with Crippen LogP contribution in [0.3, 0.4) is 0 Å². The Bertz CT molecular complexity index is 1110. The maximum atomic E-state index is 14.0. The topological polar surface area (TPSA) is 33.6 Å².